The molecular formula is C18H19N3O3S. The Hall–Kier alpha value is -2.25. The minimum absolute atomic E-state index is 0.0233. The Balaban J connectivity index is 1.55. The number of anilines is 1. The number of pyridine rings is 1. The summed E-state index contributed by atoms with van der Waals surface area (Å²) in [4.78, 5) is 16.0. The van der Waals surface area contributed by atoms with Gasteiger partial charge in [-0.15, -0.1) is 0 Å². The third kappa shape index (κ3) is 3.29. The Morgan fingerprint density at radius 1 is 1.08 bits per heavy atom. The Bertz CT molecular complexity index is 915. The molecule has 0 radical (unpaired) electrons. The number of fused-ring (bicyclic) bond motifs is 2. The molecule has 1 unspecified atom stereocenters. The number of carbonyl (C=O) groups is 1. The zero-order valence-electron chi connectivity index (χ0n) is 13.7. The average Bonchev–Trinajstić information content (AvgIpc) is 2.87. The SMILES string of the molecule is O=C1CCCc2cc(S(=O)(=O)NC3Cc4ccncc4C3)ccc2N1. The van der Waals surface area contributed by atoms with Crippen LogP contribution in [0.4, 0.5) is 5.69 Å². The van der Waals surface area contributed by atoms with E-state index in [9.17, 15) is 13.2 Å². The predicted octanol–water partition coefficient (Wildman–Crippen LogP) is 1.80. The quantitative estimate of drug-likeness (QED) is 0.877. The lowest BCUT2D eigenvalue weighted by molar-refractivity contribution is -0.116. The Morgan fingerprint density at radius 2 is 1.92 bits per heavy atom. The summed E-state index contributed by atoms with van der Waals surface area (Å²) < 4.78 is 28.3. The molecule has 2 N–H and O–H groups in total. The number of nitrogens with one attached hydrogen (secondary N) is 2. The molecule has 1 amide bonds. The second-order valence-corrected chi connectivity index (χ2v) is 8.31. The zero-order chi connectivity index (χ0) is 17.4. The largest absolute Gasteiger partial charge is 0.326 e. The van der Waals surface area contributed by atoms with Crippen molar-refractivity contribution in [2.45, 2.75) is 43.0 Å². The summed E-state index contributed by atoms with van der Waals surface area (Å²) in [6, 6.07) is 6.70. The van der Waals surface area contributed by atoms with E-state index < -0.39 is 10.0 Å². The van der Waals surface area contributed by atoms with Gasteiger partial charge in [0.25, 0.3) is 0 Å². The van der Waals surface area contributed by atoms with Crippen molar-refractivity contribution in [2.24, 2.45) is 0 Å². The summed E-state index contributed by atoms with van der Waals surface area (Å²) in [5.74, 6) is -0.0233. The zero-order valence-corrected chi connectivity index (χ0v) is 14.5. The van der Waals surface area contributed by atoms with Crippen molar-refractivity contribution in [2.75, 3.05) is 5.32 Å². The molecule has 1 aliphatic heterocycles. The van der Waals surface area contributed by atoms with E-state index in [0.717, 1.165) is 23.1 Å². The van der Waals surface area contributed by atoms with Gasteiger partial charge in [0, 0.05) is 30.5 Å². The molecule has 2 aliphatic rings. The smallest absolute Gasteiger partial charge is 0.240 e. The molecule has 1 aromatic heterocycles. The van der Waals surface area contributed by atoms with Gasteiger partial charge in [-0.2, -0.15) is 0 Å². The maximum absolute atomic E-state index is 12.8. The summed E-state index contributed by atoms with van der Waals surface area (Å²) in [6.07, 6.45) is 6.74. The van der Waals surface area contributed by atoms with Gasteiger partial charge in [-0.1, -0.05) is 0 Å². The van der Waals surface area contributed by atoms with E-state index in [1.807, 2.05) is 6.07 Å². The lowest BCUT2D eigenvalue weighted by atomic mass is 10.1. The van der Waals surface area contributed by atoms with E-state index in [2.05, 4.69) is 15.0 Å². The molecule has 0 bridgehead atoms. The molecule has 25 heavy (non-hydrogen) atoms. The Kier molecular flexibility index (Phi) is 4.05. The number of nitrogens with zero attached hydrogens (tertiary/aromatic N) is 1. The molecule has 0 spiro atoms. The van der Waals surface area contributed by atoms with Gasteiger partial charge in [-0.3, -0.25) is 9.78 Å². The third-order valence-corrected chi connectivity index (χ3v) is 6.29. The van der Waals surface area contributed by atoms with Gasteiger partial charge < -0.3 is 5.32 Å². The fourth-order valence-corrected chi connectivity index (χ4v) is 4.82. The number of sulfonamides is 1. The van der Waals surface area contributed by atoms with Crippen LogP contribution in [0.5, 0.6) is 0 Å². The van der Waals surface area contributed by atoms with Crippen LogP contribution in [0.3, 0.4) is 0 Å². The van der Waals surface area contributed by atoms with Crippen LogP contribution >= 0.6 is 0 Å². The normalized spacial score (nSPS) is 19.7. The topological polar surface area (TPSA) is 88.2 Å². The van der Waals surface area contributed by atoms with E-state index in [-0.39, 0.29) is 16.8 Å². The van der Waals surface area contributed by atoms with Crippen LogP contribution in [-0.4, -0.2) is 25.4 Å². The molecular weight excluding hydrogens is 338 g/mol. The monoisotopic (exact) mass is 357 g/mol. The molecule has 1 atom stereocenters. The first kappa shape index (κ1) is 16.2. The van der Waals surface area contributed by atoms with E-state index in [1.165, 1.54) is 0 Å². The fourth-order valence-electron chi connectivity index (χ4n) is 3.53. The number of hydrogen-bond acceptors (Lipinski definition) is 4. The number of benzene rings is 1. The highest BCUT2D eigenvalue weighted by Gasteiger charge is 2.27. The minimum atomic E-state index is -3.60. The van der Waals surface area contributed by atoms with Crippen molar-refractivity contribution >= 4 is 21.6 Å². The number of rotatable bonds is 3. The van der Waals surface area contributed by atoms with Crippen LogP contribution in [-0.2, 0) is 34.1 Å². The van der Waals surface area contributed by atoms with Crippen molar-refractivity contribution in [3.63, 3.8) is 0 Å². The number of aromatic nitrogens is 1. The summed E-state index contributed by atoms with van der Waals surface area (Å²) >= 11 is 0. The number of aryl methyl sites for hydroxylation is 1. The van der Waals surface area contributed by atoms with Crippen LogP contribution in [0.1, 0.15) is 29.5 Å². The third-order valence-electron chi connectivity index (χ3n) is 4.77. The first-order chi connectivity index (χ1) is 12.0. The standard InChI is InChI=1S/C18H19N3O3S/c22-18-3-1-2-13-10-16(4-5-17(13)20-18)25(23,24)21-15-8-12-6-7-19-11-14(12)9-15/h4-7,10-11,15,21H,1-3,8-9H2,(H,20,22). The first-order valence-electron chi connectivity index (χ1n) is 8.38. The molecule has 7 heteroatoms. The van der Waals surface area contributed by atoms with Gasteiger partial charge in [0.1, 0.15) is 0 Å². The van der Waals surface area contributed by atoms with Gasteiger partial charge >= 0.3 is 0 Å². The van der Waals surface area contributed by atoms with Gasteiger partial charge in [-0.05, 0) is 66.6 Å². The van der Waals surface area contributed by atoms with E-state index in [4.69, 9.17) is 0 Å². The maximum atomic E-state index is 12.8. The molecule has 2 aromatic rings. The minimum Gasteiger partial charge on any atom is -0.326 e. The number of amides is 1. The molecule has 1 aliphatic carbocycles. The highest BCUT2D eigenvalue weighted by atomic mass is 32.2. The fraction of sp³-hybridized carbons (Fsp3) is 0.333. The van der Waals surface area contributed by atoms with Crippen molar-refractivity contribution in [1.82, 2.24) is 9.71 Å². The van der Waals surface area contributed by atoms with Gasteiger partial charge in [-0.25, -0.2) is 13.1 Å². The molecule has 130 valence electrons. The van der Waals surface area contributed by atoms with Crippen molar-refractivity contribution in [3.05, 3.63) is 53.3 Å². The van der Waals surface area contributed by atoms with Crippen LogP contribution in [0.25, 0.3) is 0 Å². The molecule has 0 fully saturated rings. The summed E-state index contributed by atoms with van der Waals surface area (Å²) in [5.41, 5.74) is 3.82. The van der Waals surface area contributed by atoms with Crippen molar-refractivity contribution in [1.29, 1.82) is 0 Å². The highest BCUT2D eigenvalue weighted by Crippen LogP contribution is 2.26. The second-order valence-electron chi connectivity index (χ2n) is 6.59. The van der Waals surface area contributed by atoms with Crippen LogP contribution in [0, 0.1) is 0 Å². The Labute approximate surface area is 146 Å². The first-order valence-corrected chi connectivity index (χ1v) is 9.86. The van der Waals surface area contributed by atoms with Gasteiger partial charge in [0.2, 0.25) is 15.9 Å². The second kappa shape index (κ2) is 6.24. The van der Waals surface area contributed by atoms with E-state index in [0.29, 0.717) is 31.4 Å². The lowest BCUT2D eigenvalue weighted by Gasteiger charge is -2.14. The molecule has 0 saturated heterocycles. The van der Waals surface area contributed by atoms with Gasteiger partial charge in [0.15, 0.2) is 0 Å². The predicted molar refractivity (Wildman–Crippen MR) is 93.8 cm³/mol. The summed E-state index contributed by atoms with van der Waals surface area (Å²) in [7, 11) is -3.60. The molecule has 1 aromatic carbocycles. The highest BCUT2D eigenvalue weighted by molar-refractivity contribution is 7.89. The van der Waals surface area contributed by atoms with Gasteiger partial charge in [0.05, 0.1) is 4.90 Å². The number of carbonyl (C=O) groups excluding carboxylic acids is 1. The van der Waals surface area contributed by atoms with E-state index >= 15 is 0 Å². The van der Waals surface area contributed by atoms with Crippen molar-refractivity contribution in [3.8, 4) is 0 Å². The molecule has 4 rings (SSSR count). The molecule has 6 nitrogen and oxygen atoms in total. The Morgan fingerprint density at radius 3 is 2.76 bits per heavy atom. The number of hydrogen-bond donors (Lipinski definition) is 2. The maximum Gasteiger partial charge on any atom is 0.240 e. The average molecular weight is 357 g/mol. The lowest BCUT2D eigenvalue weighted by Crippen LogP contribution is -2.35. The van der Waals surface area contributed by atoms with Crippen molar-refractivity contribution < 1.29 is 13.2 Å². The molecule has 2 heterocycles. The summed E-state index contributed by atoms with van der Waals surface area (Å²) in [6.45, 7) is 0. The van der Waals surface area contributed by atoms with Crippen LogP contribution in [0.15, 0.2) is 41.6 Å². The van der Waals surface area contributed by atoms with E-state index in [1.54, 1.807) is 30.6 Å². The summed E-state index contributed by atoms with van der Waals surface area (Å²) in [5, 5.41) is 2.82. The van der Waals surface area contributed by atoms with Crippen LogP contribution < -0.4 is 10.0 Å². The molecule has 0 saturated carbocycles. The van der Waals surface area contributed by atoms with Crippen LogP contribution in [0.2, 0.25) is 0 Å².